The maximum Gasteiger partial charge on any atom is 0.243 e. The lowest BCUT2D eigenvalue weighted by Crippen LogP contribution is -2.48. The quantitative estimate of drug-likeness (QED) is 0.502. The molecule has 0 aliphatic heterocycles. The Morgan fingerprint density at radius 3 is 2.30 bits per heavy atom. The van der Waals surface area contributed by atoms with Crippen LogP contribution >= 0.6 is 0 Å². The van der Waals surface area contributed by atoms with Crippen LogP contribution in [0, 0.1) is 0 Å². The summed E-state index contributed by atoms with van der Waals surface area (Å²) in [6.07, 6.45) is 5.37. The van der Waals surface area contributed by atoms with E-state index in [1.165, 1.54) is 11.8 Å². The minimum absolute atomic E-state index is 0.0645. The van der Waals surface area contributed by atoms with E-state index in [9.17, 15) is 14.4 Å². The van der Waals surface area contributed by atoms with Gasteiger partial charge in [-0.2, -0.15) is 0 Å². The van der Waals surface area contributed by atoms with E-state index in [4.69, 9.17) is 0 Å². The van der Waals surface area contributed by atoms with Gasteiger partial charge in [0.1, 0.15) is 11.8 Å². The van der Waals surface area contributed by atoms with Crippen LogP contribution in [-0.4, -0.2) is 55.7 Å². The third-order valence-electron chi connectivity index (χ3n) is 3.79. The highest BCUT2D eigenvalue weighted by Crippen LogP contribution is 2.09. The Hall–Kier alpha value is -1.43. The van der Waals surface area contributed by atoms with Gasteiger partial charge in [-0.15, -0.1) is 0 Å². The molecule has 0 aliphatic carbocycles. The number of carbonyl (C=O) groups is 3. The third kappa shape index (κ3) is 10.0. The number of Topliss-reactive ketones (excluding diaryl/α,β-unsaturated/α-hetero) is 1. The Morgan fingerprint density at radius 2 is 1.74 bits per heavy atom. The maximum atomic E-state index is 12.3. The van der Waals surface area contributed by atoms with E-state index in [-0.39, 0.29) is 24.0 Å². The molecule has 0 aromatic heterocycles. The number of nitrogens with zero attached hydrogens (tertiary/aromatic N) is 1. The molecule has 23 heavy (non-hydrogen) atoms. The van der Waals surface area contributed by atoms with Crippen LogP contribution in [0.4, 0.5) is 0 Å². The van der Waals surface area contributed by atoms with Gasteiger partial charge in [0.15, 0.2) is 0 Å². The van der Waals surface area contributed by atoms with Crippen molar-refractivity contribution in [1.29, 1.82) is 0 Å². The number of ketones is 1. The van der Waals surface area contributed by atoms with Gasteiger partial charge in [-0.25, -0.2) is 0 Å². The van der Waals surface area contributed by atoms with Crippen molar-refractivity contribution in [2.24, 2.45) is 0 Å². The Kier molecular flexibility index (Phi) is 12.2. The summed E-state index contributed by atoms with van der Waals surface area (Å²) in [6.45, 7) is 4.91. The lowest BCUT2D eigenvalue weighted by Gasteiger charge is -2.27. The van der Waals surface area contributed by atoms with Crippen molar-refractivity contribution in [3.05, 3.63) is 0 Å². The smallest absolute Gasteiger partial charge is 0.243 e. The minimum atomic E-state index is -0.708. The molecule has 2 N–H and O–H groups in total. The second-order valence-corrected chi connectivity index (χ2v) is 5.99. The molecule has 0 fully saturated rings. The summed E-state index contributed by atoms with van der Waals surface area (Å²) in [6, 6.07) is -0.708. The number of unbranched alkanes of at least 4 members (excludes halogenated alkanes) is 3. The summed E-state index contributed by atoms with van der Waals surface area (Å²) in [7, 11) is 3.47. The first-order valence-electron chi connectivity index (χ1n) is 8.61. The number of hydrogen-bond donors (Lipinski definition) is 2. The molecule has 134 valence electrons. The molecule has 1 atom stereocenters. The van der Waals surface area contributed by atoms with Crippen LogP contribution in [0.25, 0.3) is 0 Å². The third-order valence-corrected chi connectivity index (χ3v) is 3.79. The first-order chi connectivity index (χ1) is 10.9. The Balaban J connectivity index is 4.51. The van der Waals surface area contributed by atoms with Gasteiger partial charge in [-0.1, -0.05) is 26.2 Å². The van der Waals surface area contributed by atoms with Gasteiger partial charge < -0.3 is 15.5 Å². The van der Waals surface area contributed by atoms with E-state index in [0.29, 0.717) is 13.0 Å². The van der Waals surface area contributed by atoms with Gasteiger partial charge in [-0.05, 0) is 33.4 Å². The standard InChI is InChI=1S/C17H33N3O3/c1-5-6-7-8-10-16(22)20(4)15(13-14(2)21)17(23)19-12-9-11-18-3/h15,18H,5-13H2,1-4H3,(H,19,23). The minimum Gasteiger partial charge on any atom is -0.354 e. The molecule has 2 amide bonds. The number of likely N-dealkylation sites (N-methyl/N-ethyl adjacent to an activating group) is 1. The molecule has 6 nitrogen and oxygen atoms in total. The van der Waals surface area contributed by atoms with Crippen LogP contribution in [-0.2, 0) is 14.4 Å². The predicted octanol–water partition coefficient (Wildman–Crippen LogP) is 1.49. The molecular formula is C17H33N3O3. The highest BCUT2D eigenvalue weighted by Gasteiger charge is 2.27. The van der Waals surface area contributed by atoms with Crippen molar-refractivity contribution in [3.63, 3.8) is 0 Å². The number of rotatable bonds is 13. The van der Waals surface area contributed by atoms with Crippen molar-refractivity contribution in [3.8, 4) is 0 Å². The van der Waals surface area contributed by atoms with E-state index in [1.807, 2.05) is 7.05 Å². The fraction of sp³-hybridized carbons (Fsp3) is 0.824. The average molecular weight is 327 g/mol. The fourth-order valence-electron chi connectivity index (χ4n) is 2.33. The largest absolute Gasteiger partial charge is 0.354 e. The summed E-state index contributed by atoms with van der Waals surface area (Å²) < 4.78 is 0. The van der Waals surface area contributed by atoms with Crippen molar-refractivity contribution in [2.75, 3.05) is 27.2 Å². The van der Waals surface area contributed by atoms with Crippen LogP contribution in [0.15, 0.2) is 0 Å². The highest BCUT2D eigenvalue weighted by molar-refractivity contribution is 5.91. The number of nitrogens with one attached hydrogen (secondary N) is 2. The molecule has 0 spiro atoms. The van der Waals surface area contributed by atoms with Crippen LogP contribution in [0.3, 0.4) is 0 Å². The zero-order chi connectivity index (χ0) is 17.7. The maximum absolute atomic E-state index is 12.3. The second-order valence-electron chi connectivity index (χ2n) is 5.99. The molecule has 6 heteroatoms. The topological polar surface area (TPSA) is 78.5 Å². The van der Waals surface area contributed by atoms with Crippen molar-refractivity contribution >= 4 is 17.6 Å². The molecule has 0 saturated carbocycles. The van der Waals surface area contributed by atoms with Gasteiger partial charge in [0.2, 0.25) is 11.8 Å². The Bertz CT molecular complexity index is 372. The Labute approximate surface area is 140 Å². The molecule has 1 unspecified atom stereocenters. The predicted molar refractivity (Wildman–Crippen MR) is 92.2 cm³/mol. The molecular weight excluding hydrogens is 294 g/mol. The van der Waals surface area contributed by atoms with Gasteiger partial charge in [0.05, 0.1) is 0 Å². The molecule has 0 heterocycles. The molecule has 0 radical (unpaired) electrons. The molecule has 0 aromatic rings. The van der Waals surface area contributed by atoms with Crippen LogP contribution in [0.5, 0.6) is 0 Å². The van der Waals surface area contributed by atoms with E-state index in [0.717, 1.165) is 38.6 Å². The van der Waals surface area contributed by atoms with E-state index in [1.54, 1.807) is 7.05 Å². The molecule has 0 bridgehead atoms. The first kappa shape index (κ1) is 21.6. The van der Waals surface area contributed by atoms with Gasteiger partial charge >= 0.3 is 0 Å². The number of hydrogen-bond acceptors (Lipinski definition) is 4. The fourth-order valence-corrected chi connectivity index (χ4v) is 2.33. The summed E-state index contributed by atoms with van der Waals surface area (Å²) >= 11 is 0. The van der Waals surface area contributed by atoms with Crippen molar-refractivity contribution < 1.29 is 14.4 Å². The lowest BCUT2D eigenvalue weighted by molar-refractivity contribution is -0.140. The lowest BCUT2D eigenvalue weighted by atomic mass is 10.1. The van der Waals surface area contributed by atoms with Crippen molar-refractivity contribution in [2.45, 2.75) is 64.8 Å². The molecule has 0 saturated heterocycles. The average Bonchev–Trinajstić information content (AvgIpc) is 2.52. The van der Waals surface area contributed by atoms with Crippen molar-refractivity contribution in [1.82, 2.24) is 15.5 Å². The molecule has 0 aliphatic rings. The molecule has 0 rings (SSSR count). The van der Waals surface area contributed by atoms with Crippen LogP contribution in [0.2, 0.25) is 0 Å². The SMILES string of the molecule is CCCCCCC(=O)N(C)C(CC(C)=O)C(=O)NCCCNC. The molecule has 0 aromatic carbocycles. The number of amides is 2. The monoisotopic (exact) mass is 327 g/mol. The summed E-state index contributed by atoms with van der Waals surface area (Å²) in [5.74, 6) is -0.413. The summed E-state index contributed by atoms with van der Waals surface area (Å²) in [5.41, 5.74) is 0. The van der Waals surface area contributed by atoms with E-state index >= 15 is 0 Å². The zero-order valence-corrected chi connectivity index (χ0v) is 15.1. The Morgan fingerprint density at radius 1 is 1.04 bits per heavy atom. The van der Waals surface area contributed by atoms with Crippen LogP contribution in [0.1, 0.15) is 58.8 Å². The first-order valence-corrected chi connectivity index (χ1v) is 8.61. The van der Waals surface area contributed by atoms with Gasteiger partial charge in [0.25, 0.3) is 0 Å². The van der Waals surface area contributed by atoms with E-state index < -0.39 is 6.04 Å². The summed E-state index contributed by atoms with van der Waals surface area (Å²) in [4.78, 5) is 37.4. The van der Waals surface area contributed by atoms with Crippen LogP contribution < -0.4 is 10.6 Å². The zero-order valence-electron chi connectivity index (χ0n) is 15.1. The van der Waals surface area contributed by atoms with E-state index in [2.05, 4.69) is 17.6 Å². The normalized spacial score (nSPS) is 11.8. The van der Waals surface area contributed by atoms with Gasteiger partial charge in [0, 0.05) is 26.4 Å². The second kappa shape index (κ2) is 13.0. The van der Waals surface area contributed by atoms with Gasteiger partial charge in [-0.3, -0.25) is 14.4 Å². The highest BCUT2D eigenvalue weighted by atomic mass is 16.2. The summed E-state index contributed by atoms with van der Waals surface area (Å²) in [5, 5.41) is 5.82. The number of carbonyl (C=O) groups excluding carboxylic acids is 3.